The van der Waals surface area contributed by atoms with Crippen LogP contribution in [0.15, 0.2) is 30.4 Å². The second kappa shape index (κ2) is 16.1. The summed E-state index contributed by atoms with van der Waals surface area (Å²) in [6.45, 7) is 2.57. The van der Waals surface area contributed by atoms with Gasteiger partial charge in [-0.2, -0.15) is 0 Å². The molecule has 7 nitrogen and oxygen atoms in total. The highest BCUT2D eigenvalue weighted by Gasteiger charge is 2.38. The van der Waals surface area contributed by atoms with Crippen molar-refractivity contribution in [1.29, 1.82) is 0 Å². The number of carbonyl (C=O) groups excluding carboxylic acids is 4. The van der Waals surface area contributed by atoms with Crippen LogP contribution < -0.4 is 0 Å². The molecule has 1 aromatic rings. The number of ether oxygens (including phenoxy) is 3. The Bertz CT molecular complexity index is 1290. The molecule has 5 fully saturated rings. The van der Waals surface area contributed by atoms with E-state index < -0.39 is 35.7 Å². The highest BCUT2D eigenvalue weighted by Crippen LogP contribution is 2.43. The van der Waals surface area contributed by atoms with Gasteiger partial charge in [0.2, 0.25) is 0 Å². The van der Waals surface area contributed by atoms with Gasteiger partial charge in [0.25, 0.3) is 0 Å². The van der Waals surface area contributed by atoms with Crippen molar-refractivity contribution in [1.82, 2.24) is 0 Å². The molecule has 1 aromatic carbocycles. The number of benzene rings is 1. The zero-order valence-corrected chi connectivity index (χ0v) is 28.3. The zero-order valence-electron chi connectivity index (χ0n) is 28.3. The van der Waals surface area contributed by atoms with E-state index in [9.17, 15) is 19.2 Å². The van der Waals surface area contributed by atoms with E-state index in [0.717, 1.165) is 54.9 Å². The molecule has 0 N–H and O–H groups in total. The Balaban J connectivity index is 0.951. The predicted molar refractivity (Wildman–Crippen MR) is 178 cm³/mol. The van der Waals surface area contributed by atoms with Crippen LogP contribution in [0.4, 0.5) is 0 Å². The van der Waals surface area contributed by atoms with E-state index in [4.69, 9.17) is 14.2 Å². The largest absolute Gasteiger partial charge is 0.393 e. The molecule has 0 spiro atoms. The molecule has 2 heterocycles. The van der Waals surface area contributed by atoms with E-state index in [1.165, 1.54) is 77.0 Å². The number of hydrogen-bond acceptors (Lipinski definition) is 7. The highest BCUT2D eigenvalue weighted by atomic mass is 16.6. The summed E-state index contributed by atoms with van der Waals surface area (Å²) in [5.74, 6) is 0.754. The molecule has 0 amide bonds. The molecule has 0 radical (unpaired) electrons. The topological polar surface area (TPSA) is 96.0 Å². The van der Waals surface area contributed by atoms with E-state index in [-0.39, 0.29) is 25.6 Å². The number of rotatable bonds is 12. The molecule has 0 aromatic heterocycles. The van der Waals surface area contributed by atoms with Crippen molar-refractivity contribution in [2.24, 2.45) is 29.6 Å². The molecule has 3 saturated carbocycles. The molecule has 0 bridgehead atoms. The number of cyclic esters (lactones) is 4. The monoisotopic (exact) mass is 646 g/mol. The lowest BCUT2D eigenvalue weighted by Gasteiger charge is -2.37. The van der Waals surface area contributed by atoms with Gasteiger partial charge >= 0.3 is 23.9 Å². The first-order valence-corrected chi connectivity index (χ1v) is 18.8. The summed E-state index contributed by atoms with van der Waals surface area (Å²) in [6.07, 6.45) is 26.4. The third-order valence-electron chi connectivity index (χ3n) is 12.1. The van der Waals surface area contributed by atoms with Crippen molar-refractivity contribution < 1.29 is 33.4 Å². The van der Waals surface area contributed by atoms with Gasteiger partial charge in [0, 0.05) is 0 Å². The third kappa shape index (κ3) is 8.82. The molecule has 2 unspecified atom stereocenters. The molecule has 5 aliphatic rings. The second-order valence-corrected chi connectivity index (χ2v) is 15.2. The summed E-state index contributed by atoms with van der Waals surface area (Å²) in [4.78, 5) is 48.2. The van der Waals surface area contributed by atoms with Gasteiger partial charge in [-0.25, -0.2) is 0 Å². The van der Waals surface area contributed by atoms with E-state index in [0.29, 0.717) is 17.0 Å². The number of allylic oxidation sites excluding steroid dienone is 2. The maximum atomic E-state index is 12.4. The molecule has 7 heteroatoms. The lowest BCUT2D eigenvalue weighted by atomic mass is 9.68. The van der Waals surface area contributed by atoms with E-state index >= 15 is 0 Å². The Morgan fingerprint density at radius 1 is 0.702 bits per heavy atom. The molecule has 2 saturated heterocycles. The minimum atomic E-state index is -0.682. The fourth-order valence-electron chi connectivity index (χ4n) is 9.16. The SMILES string of the molecule is CCCCCC1CCC(C2CCC(C=CC3CCC(OCc4cc(C5CC(=O)OC5=O)ccc4C4CC(=O)OC4=O)CC3)CC2)CC1. The van der Waals surface area contributed by atoms with Crippen LogP contribution in [-0.2, 0) is 40.0 Å². The fraction of sp³-hybridized carbons (Fsp3) is 0.700. The van der Waals surface area contributed by atoms with Gasteiger partial charge in [0.05, 0.1) is 37.4 Å². The maximum absolute atomic E-state index is 12.4. The van der Waals surface area contributed by atoms with Gasteiger partial charge in [0.1, 0.15) is 0 Å². The number of carbonyl (C=O) groups is 4. The van der Waals surface area contributed by atoms with Gasteiger partial charge in [-0.3, -0.25) is 19.2 Å². The number of hydrogen-bond donors (Lipinski definition) is 0. The van der Waals surface area contributed by atoms with Crippen LogP contribution in [0.1, 0.15) is 151 Å². The lowest BCUT2D eigenvalue weighted by molar-refractivity contribution is -0.154. The number of unbranched alkanes of at least 4 members (excludes halogenated alkanes) is 2. The molecule has 2 atom stereocenters. The van der Waals surface area contributed by atoms with Crippen molar-refractivity contribution >= 4 is 23.9 Å². The van der Waals surface area contributed by atoms with Crippen LogP contribution in [0.5, 0.6) is 0 Å². The highest BCUT2D eigenvalue weighted by molar-refractivity contribution is 5.99. The van der Waals surface area contributed by atoms with Gasteiger partial charge in [-0.05, 0) is 110 Å². The van der Waals surface area contributed by atoms with Crippen LogP contribution in [0.2, 0.25) is 0 Å². The number of esters is 4. The molecule has 47 heavy (non-hydrogen) atoms. The summed E-state index contributed by atoms with van der Waals surface area (Å²) in [5.41, 5.74) is 2.10. The van der Waals surface area contributed by atoms with Gasteiger partial charge in [-0.1, -0.05) is 75.8 Å². The van der Waals surface area contributed by atoms with E-state index in [2.05, 4.69) is 19.1 Å². The summed E-state index contributed by atoms with van der Waals surface area (Å²) in [5, 5.41) is 0. The molecule has 6 rings (SSSR count). The maximum Gasteiger partial charge on any atom is 0.321 e. The van der Waals surface area contributed by atoms with Crippen LogP contribution in [-0.4, -0.2) is 30.0 Å². The van der Waals surface area contributed by atoms with Crippen molar-refractivity contribution in [3.63, 3.8) is 0 Å². The average molecular weight is 647 g/mol. The Kier molecular flexibility index (Phi) is 11.6. The Morgan fingerprint density at radius 3 is 1.85 bits per heavy atom. The normalized spacial score (nSPS) is 33.4. The van der Waals surface area contributed by atoms with Crippen LogP contribution in [0.25, 0.3) is 0 Å². The molecule has 2 aliphatic heterocycles. The smallest absolute Gasteiger partial charge is 0.321 e. The van der Waals surface area contributed by atoms with Crippen molar-refractivity contribution in [2.75, 3.05) is 0 Å². The third-order valence-corrected chi connectivity index (χ3v) is 12.1. The quantitative estimate of drug-likeness (QED) is 0.0971. The minimum Gasteiger partial charge on any atom is -0.393 e. The molecule has 3 aliphatic carbocycles. The first kappa shape index (κ1) is 34.1. The Labute approximate surface area is 280 Å². The molecular weight excluding hydrogens is 592 g/mol. The Morgan fingerprint density at radius 2 is 1.28 bits per heavy atom. The molecular formula is C40H54O7. The Hall–Kier alpha value is -2.80. The van der Waals surface area contributed by atoms with Crippen molar-refractivity contribution in [2.45, 2.75) is 147 Å². The second-order valence-electron chi connectivity index (χ2n) is 15.2. The van der Waals surface area contributed by atoms with E-state index in [1.807, 2.05) is 6.07 Å². The van der Waals surface area contributed by atoms with Gasteiger partial charge in [-0.15, -0.1) is 0 Å². The summed E-state index contributed by atoms with van der Waals surface area (Å²) in [6, 6.07) is 5.34. The minimum absolute atomic E-state index is 0.00154. The fourth-order valence-corrected chi connectivity index (χ4v) is 9.16. The van der Waals surface area contributed by atoms with Crippen LogP contribution in [0.3, 0.4) is 0 Å². The van der Waals surface area contributed by atoms with Crippen LogP contribution in [0, 0.1) is 29.6 Å². The van der Waals surface area contributed by atoms with Crippen molar-refractivity contribution in [3.05, 3.63) is 47.0 Å². The zero-order chi connectivity index (χ0) is 32.8. The molecule has 256 valence electrons. The predicted octanol–water partition coefficient (Wildman–Crippen LogP) is 8.63. The van der Waals surface area contributed by atoms with Crippen molar-refractivity contribution in [3.8, 4) is 0 Å². The summed E-state index contributed by atoms with van der Waals surface area (Å²) >= 11 is 0. The van der Waals surface area contributed by atoms with E-state index in [1.54, 1.807) is 12.1 Å². The summed E-state index contributed by atoms with van der Waals surface area (Å²) in [7, 11) is 0. The summed E-state index contributed by atoms with van der Waals surface area (Å²) < 4.78 is 16.0. The van der Waals surface area contributed by atoms with Gasteiger partial charge in [0.15, 0.2) is 0 Å². The van der Waals surface area contributed by atoms with Crippen LogP contribution >= 0.6 is 0 Å². The lowest BCUT2D eigenvalue weighted by Crippen LogP contribution is -2.25. The first-order chi connectivity index (χ1) is 22.9. The first-order valence-electron chi connectivity index (χ1n) is 18.8. The standard InChI is InChI=1S/C40H54O7/c1-2-3-4-5-26-8-14-29(15-9-26)30-16-10-27(11-17-30)6-7-28-12-19-33(20-13-28)45-25-32-22-31(35-23-37(41)46-39(35)43)18-21-34(32)36-24-38(42)47-40(36)44/h6-7,18,21-22,26-30,33,35-36H,2-5,8-17,19-20,23-25H2,1H3. The average Bonchev–Trinajstić information content (AvgIpc) is 3.61. The van der Waals surface area contributed by atoms with Gasteiger partial charge < -0.3 is 14.2 Å².